The average molecular weight is 259 g/mol. The quantitative estimate of drug-likeness (QED) is 0.913. The zero-order valence-corrected chi connectivity index (χ0v) is 11.3. The van der Waals surface area contributed by atoms with Crippen LogP contribution in [0.3, 0.4) is 0 Å². The van der Waals surface area contributed by atoms with Gasteiger partial charge >= 0.3 is 0 Å². The molecule has 5 heteroatoms. The predicted octanol–water partition coefficient (Wildman–Crippen LogP) is 2.00. The lowest BCUT2D eigenvalue weighted by molar-refractivity contribution is 0.0783. The second-order valence-corrected chi connectivity index (χ2v) is 4.38. The van der Waals surface area contributed by atoms with Crippen molar-refractivity contribution in [2.45, 2.75) is 13.5 Å². The van der Waals surface area contributed by atoms with Gasteiger partial charge in [-0.15, -0.1) is 0 Å². The van der Waals surface area contributed by atoms with Crippen LogP contribution in [0.2, 0.25) is 0 Å². The molecule has 0 spiro atoms. The van der Waals surface area contributed by atoms with E-state index >= 15 is 0 Å². The van der Waals surface area contributed by atoms with E-state index in [1.165, 1.54) is 0 Å². The number of carbonyl (C=O) groups excluding carboxylic acids is 1. The Labute approximate surface area is 112 Å². The number of nitrogens with one attached hydrogen (secondary N) is 1. The van der Waals surface area contributed by atoms with Crippen LogP contribution in [0, 0.1) is 6.92 Å². The van der Waals surface area contributed by atoms with Gasteiger partial charge in [0.05, 0.1) is 18.9 Å². The highest BCUT2D eigenvalue weighted by Gasteiger charge is 2.16. The number of aromatic nitrogens is 2. The normalized spacial score (nSPS) is 10.3. The number of benzene rings is 1. The molecule has 0 radical (unpaired) electrons. The highest BCUT2D eigenvalue weighted by molar-refractivity contribution is 5.94. The van der Waals surface area contributed by atoms with Gasteiger partial charge in [0.15, 0.2) is 0 Å². The van der Waals surface area contributed by atoms with Crippen molar-refractivity contribution >= 4 is 5.91 Å². The zero-order valence-electron chi connectivity index (χ0n) is 11.3. The summed E-state index contributed by atoms with van der Waals surface area (Å²) >= 11 is 0. The van der Waals surface area contributed by atoms with Gasteiger partial charge in [-0.3, -0.25) is 9.89 Å². The number of aryl methyl sites for hydroxylation is 1. The van der Waals surface area contributed by atoms with E-state index in [2.05, 4.69) is 10.2 Å². The van der Waals surface area contributed by atoms with Crippen LogP contribution < -0.4 is 4.74 Å². The first-order valence-electron chi connectivity index (χ1n) is 6.00. The van der Waals surface area contributed by atoms with Gasteiger partial charge in [0.2, 0.25) is 0 Å². The lowest BCUT2D eigenvalue weighted by Crippen LogP contribution is -2.26. The summed E-state index contributed by atoms with van der Waals surface area (Å²) in [5, 5.41) is 6.64. The Morgan fingerprint density at radius 3 is 2.79 bits per heavy atom. The first-order chi connectivity index (χ1) is 9.13. The number of para-hydroxylation sites is 1. The fourth-order valence-corrected chi connectivity index (χ4v) is 1.93. The number of rotatable bonds is 4. The van der Waals surface area contributed by atoms with Crippen molar-refractivity contribution in [2.24, 2.45) is 0 Å². The number of aromatic amines is 1. The number of H-pyrrole nitrogens is 1. The van der Waals surface area contributed by atoms with Crippen molar-refractivity contribution in [1.29, 1.82) is 0 Å². The van der Waals surface area contributed by atoms with E-state index in [4.69, 9.17) is 4.74 Å². The van der Waals surface area contributed by atoms with Crippen LogP contribution in [0.5, 0.6) is 5.75 Å². The smallest absolute Gasteiger partial charge is 0.257 e. The topological polar surface area (TPSA) is 58.2 Å². The van der Waals surface area contributed by atoms with Gasteiger partial charge in [-0.2, -0.15) is 5.10 Å². The molecule has 0 aliphatic rings. The molecular formula is C14H17N3O2. The molecule has 1 aromatic carbocycles. The number of amides is 1. The first-order valence-corrected chi connectivity index (χ1v) is 6.00. The predicted molar refractivity (Wildman–Crippen MR) is 72.1 cm³/mol. The number of nitrogens with zero attached hydrogens (tertiary/aromatic N) is 2. The average Bonchev–Trinajstić information content (AvgIpc) is 2.84. The summed E-state index contributed by atoms with van der Waals surface area (Å²) in [4.78, 5) is 13.9. The molecule has 1 aromatic heterocycles. The van der Waals surface area contributed by atoms with Gasteiger partial charge in [0.25, 0.3) is 5.91 Å². The molecule has 1 heterocycles. The number of ether oxygens (including phenoxy) is 1. The van der Waals surface area contributed by atoms with Gasteiger partial charge in [-0.1, -0.05) is 18.2 Å². The lowest BCUT2D eigenvalue weighted by atomic mass is 10.1. The summed E-state index contributed by atoms with van der Waals surface area (Å²) in [6.45, 7) is 2.32. The van der Waals surface area contributed by atoms with Crippen LogP contribution in [0.4, 0.5) is 0 Å². The van der Waals surface area contributed by atoms with Crippen LogP contribution in [0.1, 0.15) is 21.6 Å². The van der Waals surface area contributed by atoms with Gasteiger partial charge < -0.3 is 9.64 Å². The third kappa shape index (κ3) is 2.76. The SMILES string of the molecule is COc1ccccc1CN(C)C(=O)c1cn[nH]c1C. The third-order valence-corrected chi connectivity index (χ3v) is 3.01. The summed E-state index contributed by atoms with van der Waals surface area (Å²) < 4.78 is 5.28. The van der Waals surface area contributed by atoms with E-state index in [9.17, 15) is 4.79 Å². The largest absolute Gasteiger partial charge is 0.496 e. The molecule has 2 aromatic rings. The Morgan fingerprint density at radius 1 is 1.42 bits per heavy atom. The molecule has 0 saturated carbocycles. The minimum atomic E-state index is -0.0582. The highest BCUT2D eigenvalue weighted by atomic mass is 16.5. The lowest BCUT2D eigenvalue weighted by Gasteiger charge is -2.18. The molecule has 1 amide bonds. The Balaban J connectivity index is 2.15. The summed E-state index contributed by atoms with van der Waals surface area (Å²) in [7, 11) is 3.39. The molecule has 5 nitrogen and oxygen atoms in total. The molecule has 0 fully saturated rings. The standard InChI is InChI=1S/C14H17N3O2/c1-10-12(8-15-16-10)14(18)17(2)9-11-6-4-5-7-13(11)19-3/h4-8H,9H2,1-3H3,(H,15,16). The maximum atomic E-state index is 12.3. The van der Waals surface area contributed by atoms with E-state index in [1.807, 2.05) is 31.2 Å². The Morgan fingerprint density at radius 2 is 2.16 bits per heavy atom. The van der Waals surface area contributed by atoms with Crippen LogP contribution >= 0.6 is 0 Å². The van der Waals surface area contributed by atoms with Crippen LogP contribution in [0.25, 0.3) is 0 Å². The van der Waals surface area contributed by atoms with E-state index in [1.54, 1.807) is 25.3 Å². The van der Waals surface area contributed by atoms with Crippen LogP contribution in [0.15, 0.2) is 30.5 Å². The number of hydrogen-bond acceptors (Lipinski definition) is 3. The number of methoxy groups -OCH3 is 1. The fourth-order valence-electron chi connectivity index (χ4n) is 1.93. The molecule has 1 N–H and O–H groups in total. The minimum Gasteiger partial charge on any atom is -0.496 e. The van der Waals surface area contributed by atoms with Crippen molar-refractivity contribution in [2.75, 3.05) is 14.2 Å². The minimum absolute atomic E-state index is 0.0582. The summed E-state index contributed by atoms with van der Waals surface area (Å²) in [5.41, 5.74) is 2.34. The number of carbonyl (C=O) groups is 1. The van der Waals surface area contributed by atoms with E-state index in [-0.39, 0.29) is 5.91 Å². The molecule has 19 heavy (non-hydrogen) atoms. The van der Waals surface area contributed by atoms with E-state index in [0.717, 1.165) is 17.0 Å². The maximum absolute atomic E-state index is 12.3. The van der Waals surface area contributed by atoms with Gasteiger partial charge in [-0.05, 0) is 13.0 Å². The molecule has 2 rings (SSSR count). The van der Waals surface area contributed by atoms with Crippen molar-refractivity contribution in [1.82, 2.24) is 15.1 Å². The van der Waals surface area contributed by atoms with Crippen molar-refractivity contribution < 1.29 is 9.53 Å². The monoisotopic (exact) mass is 259 g/mol. The highest BCUT2D eigenvalue weighted by Crippen LogP contribution is 2.19. The third-order valence-electron chi connectivity index (χ3n) is 3.01. The molecule has 0 aliphatic heterocycles. The van der Waals surface area contributed by atoms with E-state index in [0.29, 0.717) is 12.1 Å². The summed E-state index contributed by atoms with van der Waals surface area (Å²) in [6.07, 6.45) is 1.55. The zero-order chi connectivity index (χ0) is 13.8. The molecule has 0 bridgehead atoms. The second-order valence-electron chi connectivity index (χ2n) is 4.38. The van der Waals surface area contributed by atoms with Crippen LogP contribution in [-0.4, -0.2) is 35.2 Å². The molecule has 0 atom stereocenters. The van der Waals surface area contributed by atoms with Crippen molar-refractivity contribution in [3.05, 3.63) is 47.3 Å². The van der Waals surface area contributed by atoms with Gasteiger partial charge in [-0.25, -0.2) is 0 Å². The Hall–Kier alpha value is -2.30. The fraction of sp³-hybridized carbons (Fsp3) is 0.286. The molecule has 0 unspecified atom stereocenters. The van der Waals surface area contributed by atoms with E-state index < -0.39 is 0 Å². The first kappa shape index (κ1) is 13.1. The summed E-state index contributed by atoms with van der Waals surface area (Å²) in [6, 6.07) is 7.67. The molecular weight excluding hydrogens is 242 g/mol. The number of hydrogen-bond donors (Lipinski definition) is 1. The van der Waals surface area contributed by atoms with Crippen molar-refractivity contribution in [3.63, 3.8) is 0 Å². The maximum Gasteiger partial charge on any atom is 0.257 e. The van der Waals surface area contributed by atoms with Crippen LogP contribution in [-0.2, 0) is 6.54 Å². The molecule has 0 saturated heterocycles. The molecule has 0 aliphatic carbocycles. The van der Waals surface area contributed by atoms with Gasteiger partial charge in [0, 0.05) is 24.8 Å². The summed E-state index contributed by atoms with van der Waals surface area (Å²) in [5.74, 6) is 0.725. The Bertz CT molecular complexity index is 578. The van der Waals surface area contributed by atoms with Crippen molar-refractivity contribution in [3.8, 4) is 5.75 Å². The van der Waals surface area contributed by atoms with Gasteiger partial charge in [0.1, 0.15) is 5.75 Å². The molecule has 100 valence electrons. The second kappa shape index (κ2) is 5.56. The Kier molecular flexibility index (Phi) is 3.85.